The Morgan fingerprint density at radius 2 is 1.55 bits per heavy atom. The van der Waals surface area contributed by atoms with E-state index in [4.69, 9.17) is 0 Å². The predicted molar refractivity (Wildman–Crippen MR) is 74.9 cm³/mol. The third-order valence-electron chi connectivity index (χ3n) is 5.21. The van der Waals surface area contributed by atoms with E-state index in [9.17, 15) is 14.7 Å². The van der Waals surface area contributed by atoms with E-state index in [0.29, 0.717) is 11.8 Å². The van der Waals surface area contributed by atoms with Crippen LogP contribution in [-0.2, 0) is 9.59 Å². The van der Waals surface area contributed by atoms with E-state index in [1.54, 1.807) is 0 Å². The molecule has 3 aliphatic rings. The van der Waals surface area contributed by atoms with Gasteiger partial charge in [0.05, 0.1) is 11.8 Å². The number of carbonyl (C=O) groups is 2. The molecule has 0 aromatic carbocycles. The number of nitrogens with zero attached hydrogens (tertiary/aromatic N) is 1. The molecule has 1 amide bonds. The van der Waals surface area contributed by atoms with Gasteiger partial charge >= 0.3 is 5.97 Å². The van der Waals surface area contributed by atoms with E-state index in [1.807, 2.05) is 11.0 Å². The van der Waals surface area contributed by atoms with E-state index >= 15 is 0 Å². The normalized spacial score (nSPS) is 43.0. The minimum absolute atomic E-state index is 0.0612. The van der Waals surface area contributed by atoms with Gasteiger partial charge in [0.2, 0.25) is 5.91 Å². The molecule has 0 spiro atoms. The molecule has 4 heteroatoms. The van der Waals surface area contributed by atoms with Gasteiger partial charge in [0.1, 0.15) is 0 Å². The van der Waals surface area contributed by atoms with Crippen molar-refractivity contribution in [2.45, 2.75) is 26.7 Å². The second-order valence-electron chi connectivity index (χ2n) is 7.03. The van der Waals surface area contributed by atoms with Crippen LogP contribution in [0.15, 0.2) is 12.2 Å². The van der Waals surface area contributed by atoms with Gasteiger partial charge in [-0.1, -0.05) is 26.0 Å². The number of amides is 1. The Labute approximate surface area is 119 Å². The number of carbonyl (C=O) groups excluding carboxylic acids is 1. The lowest BCUT2D eigenvalue weighted by Gasteiger charge is -2.38. The van der Waals surface area contributed by atoms with Gasteiger partial charge in [-0.05, 0) is 36.5 Å². The highest BCUT2D eigenvalue weighted by molar-refractivity contribution is 5.87. The molecule has 110 valence electrons. The van der Waals surface area contributed by atoms with Crippen LogP contribution >= 0.6 is 0 Å². The zero-order valence-electron chi connectivity index (χ0n) is 12.2. The minimum Gasteiger partial charge on any atom is -0.481 e. The third kappa shape index (κ3) is 2.15. The molecule has 2 fully saturated rings. The summed E-state index contributed by atoms with van der Waals surface area (Å²) in [5.41, 5.74) is 0. The van der Waals surface area contributed by atoms with Gasteiger partial charge in [-0.25, -0.2) is 0 Å². The van der Waals surface area contributed by atoms with Crippen LogP contribution in [0.25, 0.3) is 0 Å². The van der Waals surface area contributed by atoms with Crippen molar-refractivity contribution in [1.29, 1.82) is 0 Å². The average Bonchev–Trinajstić information content (AvgIpc) is 2.96. The van der Waals surface area contributed by atoms with Gasteiger partial charge < -0.3 is 10.0 Å². The van der Waals surface area contributed by atoms with E-state index in [-0.39, 0.29) is 23.7 Å². The van der Waals surface area contributed by atoms with E-state index < -0.39 is 11.9 Å². The van der Waals surface area contributed by atoms with E-state index in [1.165, 1.54) is 0 Å². The molecule has 1 saturated carbocycles. The molecule has 2 aliphatic carbocycles. The number of hydrogen-bond acceptors (Lipinski definition) is 2. The van der Waals surface area contributed by atoms with Crippen molar-refractivity contribution in [3.8, 4) is 0 Å². The molecule has 2 bridgehead atoms. The van der Waals surface area contributed by atoms with Crippen LogP contribution in [0.2, 0.25) is 0 Å². The summed E-state index contributed by atoms with van der Waals surface area (Å²) in [7, 11) is 0. The lowest BCUT2D eigenvalue weighted by atomic mass is 9.81. The summed E-state index contributed by atoms with van der Waals surface area (Å²) in [4.78, 5) is 26.3. The molecular formula is C16H23NO3. The largest absolute Gasteiger partial charge is 0.481 e. The number of rotatable bonds is 2. The van der Waals surface area contributed by atoms with Crippen molar-refractivity contribution in [2.24, 2.45) is 35.5 Å². The lowest BCUT2D eigenvalue weighted by molar-refractivity contribution is -0.152. The molecule has 6 atom stereocenters. The summed E-state index contributed by atoms with van der Waals surface area (Å²) >= 11 is 0. The van der Waals surface area contributed by atoms with Crippen LogP contribution in [-0.4, -0.2) is 35.0 Å². The molecule has 1 saturated heterocycles. The number of hydrogen-bond donors (Lipinski definition) is 1. The molecule has 0 aromatic rings. The summed E-state index contributed by atoms with van der Waals surface area (Å²) < 4.78 is 0. The van der Waals surface area contributed by atoms with Gasteiger partial charge in [0.25, 0.3) is 0 Å². The Balaban J connectivity index is 1.79. The fourth-order valence-corrected chi connectivity index (χ4v) is 4.55. The summed E-state index contributed by atoms with van der Waals surface area (Å²) in [6, 6.07) is 0. The monoisotopic (exact) mass is 277 g/mol. The summed E-state index contributed by atoms with van der Waals surface area (Å²) in [5.74, 6) is -0.344. The van der Waals surface area contributed by atoms with Crippen molar-refractivity contribution >= 4 is 11.9 Å². The van der Waals surface area contributed by atoms with E-state index in [0.717, 1.165) is 25.9 Å². The smallest absolute Gasteiger partial charge is 0.307 e. The van der Waals surface area contributed by atoms with Crippen molar-refractivity contribution in [3.05, 3.63) is 12.2 Å². The minimum atomic E-state index is -0.807. The van der Waals surface area contributed by atoms with Crippen LogP contribution in [0.1, 0.15) is 26.7 Å². The maximum absolute atomic E-state index is 12.8. The molecule has 3 rings (SSSR count). The van der Waals surface area contributed by atoms with Crippen molar-refractivity contribution < 1.29 is 14.7 Å². The predicted octanol–water partition coefficient (Wildman–Crippen LogP) is 2.01. The highest BCUT2D eigenvalue weighted by atomic mass is 16.4. The molecule has 1 aliphatic heterocycles. The van der Waals surface area contributed by atoms with Gasteiger partial charge in [0.15, 0.2) is 0 Å². The Hall–Kier alpha value is -1.32. The molecule has 0 unspecified atom stereocenters. The fourth-order valence-electron chi connectivity index (χ4n) is 4.55. The summed E-state index contributed by atoms with van der Waals surface area (Å²) in [5, 5.41) is 9.45. The Morgan fingerprint density at radius 3 is 2.10 bits per heavy atom. The SMILES string of the molecule is C[C@@H]1C[C@H](C)CN(C(=O)[C@H]2[C@@H](C(=O)O)[C@H]3C=C[C@H]2C3)C1. The van der Waals surface area contributed by atoms with Crippen LogP contribution < -0.4 is 0 Å². The molecule has 20 heavy (non-hydrogen) atoms. The summed E-state index contributed by atoms with van der Waals surface area (Å²) in [6.07, 6.45) is 6.05. The Kier molecular flexibility index (Phi) is 3.35. The van der Waals surface area contributed by atoms with Gasteiger partial charge in [-0.2, -0.15) is 0 Å². The van der Waals surface area contributed by atoms with Crippen molar-refractivity contribution in [2.75, 3.05) is 13.1 Å². The van der Waals surface area contributed by atoms with Gasteiger partial charge in [0, 0.05) is 13.1 Å². The van der Waals surface area contributed by atoms with Gasteiger partial charge in [-0.15, -0.1) is 0 Å². The highest BCUT2D eigenvalue weighted by Gasteiger charge is 2.52. The number of aliphatic carboxylic acids is 1. The molecule has 1 N–H and O–H groups in total. The topological polar surface area (TPSA) is 57.6 Å². The number of piperidine rings is 1. The Morgan fingerprint density at radius 1 is 1.00 bits per heavy atom. The standard InChI is InChI=1S/C16H23NO3/c1-9-5-10(2)8-17(7-9)15(18)13-11-3-4-12(6-11)14(13)16(19)20/h3-4,9-14H,5-8H2,1-2H3,(H,19,20)/t9-,10+,11-,12-,13+,14-/m0/s1. The quantitative estimate of drug-likeness (QED) is 0.786. The highest BCUT2D eigenvalue weighted by Crippen LogP contribution is 2.49. The van der Waals surface area contributed by atoms with Gasteiger partial charge in [-0.3, -0.25) is 9.59 Å². The van der Waals surface area contributed by atoms with Crippen LogP contribution in [0.5, 0.6) is 0 Å². The third-order valence-corrected chi connectivity index (χ3v) is 5.21. The fraction of sp³-hybridized carbons (Fsp3) is 0.750. The number of fused-ring (bicyclic) bond motifs is 2. The maximum atomic E-state index is 12.8. The first kappa shape index (κ1) is 13.7. The zero-order chi connectivity index (χ0) is 14.4. The van der Waals surface area contributed by atoms with Crippen LogP contribution in [0.3, 0.4) is 0 Å². The first-order valence-electron chi connectivity index (χ1n) is 7.67. The summed E-state index contributed by atoms with van der Waals surface area (Å²) in [6.45, 7) is 5.91. The second-order valence-corrected chi connectivity index (χ2v) is 7.03. The lowest BCUT2D eigenvalue weighted by Crippen LogP contribution is -2.48. The van der Waals surface area contributed by atoms with Crippen LogP contribution in [0.4, 0.5) is 0 Å². The number of carboxylic acids is 1. The van der Waals surface area contributed by atoms with Crippen LogP contribution in [0, 0.1) is 35.5 Å². The molecule has 4 nitrogen and oxygen atoms in total. The van der Waals surface area contributed by atoms with Crippen molar-refractivity contribution in [3.63, 3.8) is 0 Å². The molecule has 0 aromatic heterocycles. The molecule has 1 heterocycles. The number of allylic oxidation sites excluding steroid dienone is 2. The average molecular weight is 277 g/mol. The second kappa shape index (κ2) is 4.90. The first-order valence-corrected chi connectivity index (χ1v) is 7.67. The first-order chi connectivity index (χ1) is 9.47. The molecule has 0 radical (unpaired) electrons. The maximum Gasteiger partial charge on any atom is 0.307 e. The number of likely N-dealkylation sites (tertiary alicyclic amines) is 1. The molecular weight excluding hydrogens is 254 g/mol. The zero-order valence-corrected chi connectivity index (χ0v) is 12.2. The Bertz CT molecular complexity index is 449. The van der Waals surface area contributed by atoms with Crippen molar-refractivity contribution in [1.82, 2.24) is 4.90 Å². The van der Waals surface area contributed by atoms with E-state index in [2.05, 4.69) is 19.9 Å². The number of carboxylic acid groups (broad SMARTS) is 1.